The number of carbonyl (C=O) groups excluding carboxylic acids is 1. The zero-order valence-electron chi connectivity index (χ0n) is 12.3. The molecule has 0 aromatic heterocycles. The Labute approximate surface area is 125 Å². The lowest BCUT2D eigenvalue weighted by atomic mass is 10.0. The fourth-order valence-corrected chi connectivity index (χ4v) is 2.77. The number of anilines is 2. The van der Waals surface area contributed by atoms with Gasteiger partial charge in [-0.2, -0.15) is 0 Å². The van der Waals surface area contributed by atoms with Crippen LogP contribution in [-0.4, -0.2) is 12.5 Å². The summed E-state index contributed by atoms with van der Waals surface area (Å²) in [6.45, 7) is 3.07. The number of aryl methyl sites for hydroxylation is 2. The average molecular weight is 280 g/mol. The van der Waals surface area contributed by atoms with E-state index in [0.717, 1.165) is 30.6 Å². The van der Waals surface area contributed by atoms with E-state index in [1.165, 1.54) is 16.8 Å². The molecule has 3 rings (SSSR count). The molecular formula is C18H20N2O. The van der Waals surface area contributed by atoms with Gasteiger partial charge in [-0.25, -0.2) is 0 Å². The molecule has 0 spiro atoms. The molecule has 1 aliphatic rings. The van der Waals surface area contributed by atoms with Gasteiger partial charge in [0.15, 0.2) is 0 Å². The third kappa shape index (κ3) is 3.43. The highest BCUT2D eigenvalue weighted by atomic mass is 16.1. The Morgan fingerprint density at radius 2 is 2.14 bits per heavy atom. The molecule has 0 saturated carbocycles. The Balaban J connectivity index is 1.67. The third-order valence-electron chi connectivity index (χ3n) is 3.77. The Morgan fingerprint density at radius 3 is 3.00 bits per heavy atom. The molecule has 0 fully saturated rings. The van der Waals surface area contributed by atoms with Crippen molar-refractivity contribution in [3.05, 3.63) is 59.2 Å². The van der Waals surface area contributed by atoms with Crippen molar-refractivity contribution < 1.29 is 4.79 Å². The molecule has 3 heteroatoms. The summed E-state index contributed by atoms with van der Waals surface area (Å²) in [4.78, 5) is 12.1. The topological polar surface area (TPSA) is 41.1 Å². The average Bonchev–Trinajstić information content (AvgIpc) is 2.47. The molecule has 2 aromatic rings. The maximum Gasteiger partial charge on any atom is 0.228 e. The van der Waals surface area contributed by atoms with Gasteiger partial charge in [-0.15, -0.1) is 0 Å². The lowest BCUT2D eigenvalue weighted by Crippen LogP contribution is -2.16. The summed E-state index contributed by atoms with van der Waals surface area (Å²) in [7, 11) is 0. The molecule has 0 saturated heterocycles. The summed E-state index contributed by atoms with van der Waals surface area (Å²) in [5, 5.41) is 6.37. The molecule has 0 radical (unpaired) electrons. The monoisotopic (exact) mass is 280 g/mol. The minimum absolute atomic E-state index is 0.0318. The molecule has 0 bridgehead atoms. The van der Waals surface area contributed by atoms with Crippen LogP contribution >= 0.6 is 0 Å². The van der Waals surface area contributed by atoms with Crippen LogP contribution < -0.4 is 10.6 Å². The maximum absolute atomic E-state index is 12.1. The molecule has 108 valence electrons. The number of fused-ring (bicyclic) bond motifs is 1. The van der Waals surface area contributed by atoms with E-state index >= 15 is 0 Å². The van der Waals surface area contributed by atoms with E-state index < -0.39 is 0 Å². The van der Waals surface area contributed by atoms with Gasteiger partial charge in [-0.1, -0.05) is 29.8 Å². The Morgan fingerprint density at radius 1 is 1.24 bits per heavy atom. The zero-order chi connectivity index (χ0) is 14.7. The number of benzene rings is 2. The minimum atomic E-state index is 0.0318. The van der Waals surface area contributed by atoms with Gasteiger partial charge >= 0.3 is 0 Å². The summed E-state index contributed by atoms with van der Waals surface area (Å²) in [6, 6.07) is 14.2. The smallest absolute Gasteiger partial charge is 0.228 e. The maximum atomic E-state index is 12.1. The van der Waals surface area contributed by atoms with E-state index in [1.54, 1.807) is 0 Å². The number of rotatable bonds is 3. The Hall–Kier alpha value is -2.29. The number of carbonyl (C=O) groups is 1. The van der Waals surface area contributed by atoms with Gasteiger partial charge in [0.1, 0.15) is 0 Å². The zero-order valence-corrected chi connectivity index (χ0v) is 12.3. The molecule has 1 aliphatic heterocycles. The summed E-state index contributed by atoms with van der Waals surface area (Å²) >= 11 is 0. The molecule has 2 aromatic carbocycles. The first-order valence-corrected chi connectivity index (χ1v) is 7.43. The van der Waals surface area contributed by atoms with Crippen LogP contribution in [0, 0.1) is 6.92 Å². The van der Waals surface area contributed by atoms with E-state index in [-0.39, 0.29) is 5.91 Å². The molecule has 21 heavy (non-hydrogen) atoms. The van der Waals surface area contributed by atoms with Gasteiger partial charge in [0.2, 0.25) is 5.91 Å². The van der Waals surface area contributed by atoms with Crippen LogP contribution in [0.4, 0.5) is 11.4 Å². The fraction of sp³-hybridized carbons (Fsp3) is 0.278. The van der Waals surface area contributed by atoms with Gasteiger partial charge in [0.05, 0.1) is 6.42 Å². The highest BCUT2D eigenvalue weighted by Crippen LogP contribution is 2.25. The second-order valence-corrected chi connectivity index (χ2v) is 5.62. The normalized spacial score (nSPS) is 13.2. The van der Waals surface area contributed by atoms with Gasteiger partial charge in [-0.05, 0) is 49.1 Å². The van der Waals surface area contributed by atoms with Crippen molar-refractivity contribution >= 4 is 17.3 Å². The first-order chi connectivity index (χ1) is 10.2. The number of nitrogens with one attached hydrogen (secondary N) is 2. The third-order valence-corrected chi connectivity index (χ3v) is 3.77. The van der Waals surface area contributed by atoms with Crippen LogP contribution in [0.15, 0.2) is 42.5 Å². The largest absolute Gasteiger partial charge is 0.385 e. The summed E-state index contributed by atoms with van der Waals surface area (Å²) in [6.07, 6.45) is 2.63. The van der Waals surface area contributed by atoms with Crippen molar-refractivity contribution in [1.29, 1.82) is 0 Å². The lowest BCUT2D eigenvalue weighted by molar-refractivity contribution is -0.115. The molecular weight excluding hydrogens is 260 g/mol. The van der Waals surface area contributed by atoms with Crippen LogP contribution in [0.2, 0.25) is 0 Å². The minimum Gasteiger partial charge on any atom is -0.385 e. The van der Waals surface area contributed by atoms with E-state index in [2.05, 4.69) is 28.8 Å². The van der Waals surface area contributed by atoms with Gasteiger partial charge in [0.25, 0.3) is 0 Å². The van der Waals surface area contributed by atoms with Crippen LogP contribution in [0.5, 0.6) is 0 Å². The predicted octanol–water partition coefficient (Wildman–Crippen LogP) is 3.53. The summed E-state index contributed by atoms with van der Waals surface area (Å²) in [5.41, 5.74) is 5.59. The Kier molecular flexibility index (Phi) is 3.91. The highest BCUT2D eigenvalue weighted by Gasteiger charge is 2.10. The Bertz CT molecular complexity index is 664. The van der Waals surface area contributed by atoms with E-state index in [1.807, 2.05) is 31.2 Å². The van der Waals surface area contributed by atoms with Crippen molar-refractivity contribution in [3.8, 4) is 0 Å². The van der Waals surface area contributed by atoms with Gasteiger partial charge in [-0.3, -0.25) is 4.79 Å². The number of hydrogen-bond acceptors (Lipinski definition) is 2. The predicted molar refractivity (Wildman–Crippen MR) is 86.8 cm³/mol. The van der Waals surface area contributed by atoms with Crippen molar-refractivity contribution in [1.82, 2.24) is 0 Å². The van der Waals surface area contributed by atoms with Crippen LogP contribution in [-0.2, 0) is 17.6 Å². The van der Waals surface area contributed by atoms with E-state index in [9.17, 15) is 4.79 Å². The van der Waals surface area contributed by atoms with E-state index in [4.69, 9.17) is 0 Å². The second-order valence-electron chi connectivity index (χ2n) is 5.62. The number of amides is 1. The molecule has 1 amide bonds. The molecule has 3 nitrogen and oxygen atoms in total. The van der Waals surface area contributed by atoms with Crippen molar-refractivity contribution in [2.75, 3.05) is 17.2 Å². The van der Waals surface area contributed by atoms with Crippen LogP contribution in [0.1, 0.15) is 23.1 Å². The molecule has 0 unspecified atom stereocenters. The van der Waals surface area contributed by atoms with Crippen molar-refractivity contribution in [3.63, 3.8) is 0 Å². The lowest BCUT2D eigenvalue weighted by Gasteiger charge is -2.18. The quantitative estimate of drug-likeness (QED) is 0.903. The van der Waals surface area contributed by atoms with E-state index in [0.29, 0.717) is 6.42 Å². The molecule has 0 aliphatic carbocycles. The van der Waals surface area contributed by atoms with Crippen LogP contribution in [0.3, 0.4) is 0 Å². The summed E-state index contributed by atoms with van der Waals surface area (Å²) in [5.74, 6) is 0.0318. The molecule has 1 heterocycles. The van der Waals surface area contributed by atoms with Crippen LogP contribution in [0.25, 0.3) is 0 Å². The SMILES string of the molecule is Cc1cccc(CC(=O)Nc2ccc3c(c2)CCCN3)c1. The first-order valence-electron chi connectivity index (χ1n) is 7.43. The van der Waals surface area contributed by atoms with Gasteiger partial charge in [0, 0.05) is 17.9 Å². The highest BCUT2D eigenvalue weighted by molar-refractivity contribution is 5.92. The fourth-order valence-electron chi connectivity index (χ4n) is 2.77. The standard InChI is InChI=1S/C18H20N2O/c1-13-4-2-5-14(10-13)11-18(21)20-16-7-8-17-15(12-16)6-3-9-19-17/h2,4-5,7-8,10,12,19H,3,6,9,11H2,1H3,(H,20,21). The van der Waals surface area contributed by atoms with Crippen molar-refractivity contribution in [2.24, 2.45) is 0 Å². The molecule has 0 atom stereocenters. The number of hydrogen-bond donors (Lipinski definition) is 2. The first kappa shape index (κ1) is 13.7. The van der Waals surface area contributed by atoms with Gasteiger partial charge < -0.3 is 10.6 Å². The molecule has 2 N–H and O–H groups in total. The van der Waals surface area contributed by atoms with Crippen molar-refractivity contribution in [2.45, 2.75) is 26.2 Å². The summed E-state index contributed by atoms with van der Waals surface area (Å²) < 4.78 is 0. The second kappa shape index (κ2) is 6.00.